The van der Waals surface area contributed by atoms with Gasteiger partial charge in [0.05, 0.1) is 5.10 Å². The zero-order valence-corrected chi connectivity index (χ0v) is 21.0. The van der Waals surface area contributed by atoms with Gasteiger partial charge in [-0.1, -0.05) is 79.7 Å². The van der Waals surface area contributed by atoms with Gasteiger partial charge in [-0.15, -0.1) is 4.68 Å². The standard InChI is InChI=1S/C28H40N3/c1-10-27(8)21-17-16-20(26(6,7)19-25(3,4)5)18-24(21)31-29-22-14-12-13-15-23(22)30(31)28(27,9)11-2/h12-18H,10-11,19H2,1-9H3/q+1. The summed E-state index contributed by atoms with van der Waals surface area (Å²) < 4.78 is 2.48. The molecule has 2 atom stereocenters. The van der Waals surface area contributed by atoms with Crippen LogP contribution in [0.25, 0.3) is 16.7 Å². The first-order chi connectivity index (χ1) is 14.4. The Hall–Kier alpha value is -2.16. The molecule has 2 unspecified atom stereocenters. The van der Waals surface area contributed by atoms with Crippen molar-refractivity contribution in [3.05, 3.63) is 53.6 Å². The van der Waals surface area contributed by atoms with Crippen LogP contribution in [0.3, 0.4) is 0 Å². The number of benzene rings is 2. The van der Waals surface area contributed by atoms with Crippen LogP contribution in [-0.2, 0) is 16.4 Å². The van der Waals surface area contributed by atoms with Crippen LogP contribution in [0.5, 0.6) is 0 Å². The van der Waals surface area contributed by atoms with Gasteiger partial charge in [-0.05, 0) is 71.1 Å². The molecule has 0 radical (unpaired) electrons. The van der Waals surface area contributed by atoms with E-state index in [1.54, 1.807) is 0 Å². The lowest BCUT2D eigenvalue weighted by Gasteiger charge is -2.47. The summed E-state index contributed by atoms with van der Waals surface area (Å²) in [7, 11) is 0. The number of rotatable bonds is 4. The van der Waals surface area contributed by atoms with Crippen LogP contribution in [0.1, 0.15) is 92.7 Å². The molecule has 4 rings (SSSR count). The third-order valence-electron chi connectivity index (χ3n) is 8.11. The quantitative estimate of drug-likeness (QED) is 0.425. The first kappa shape index (κ1) is 22.0. The molecule has 0 N–H and O–H groups in total. The molecule has 1 aromatic heterocycles. The van der Waals surface area contributed by atoms with Gasteiger partial charge < -0.3 is 0 Å². The molecule has 2 heterocycles. The second kappa shape index (κ2) is 6.92. The van der Waals surface area contributed by atoms with Gasteiger partial charge in [0, 0.05) is 5.41 Å². The van der Waals surface area contributed by atoms with Crippen molar-refractivity contribution >= 4 is 11.0 Å². The van der Waals surface area contributed by atoms with E-state index >= 15 is 0 Å². The van der Waals surface area contributed by atoms with Crippen molar-refractivity contribution in [2.24, 2.45) is 5.41 Å². The summed E-state index contributed by atoms with van der Waals surface area (Å²) in [5.74, 6) is 0. The lowest BCUT2D eigenvalue weighted by atomic mass is 9.62. The maximum absolute atomic E-state index is 5.12. The summed E-state index contributed by atoms with van der Waals surface area (Å²) >= 11 is 0. The molecule has 166 valence electrons. The average Bonchev–Trinajstić information content (AvgIpc) is 3.10. The van der Waals surface area contributed by atoms with E-state index in [0.717, 1.165) is 24.8 Å². The second-order valence-corrected chi connectivity index (χ2v) is 11.9. The molecule has 0 fully saturated rings. The fourth-order valence-electron chi connectivity index (χ4n) is 6.26. The smallest absolute Gasteiger partial charge is 0.141 e. The monoisotopic (exact) mass is 418 g/mol. The largest absolute Gasteiger partial charge is 0.249 e. The molecule has 1 aliphatic heterocycles. The first-order valence-corrected chi connectivity index (χ1v) is 11.9. The lowest BCUT2D eigenvalue weighted by molar-refractivity contribution is -0.820. The summed E-state index contributed by atoms with van der Waals surface area (Å²) in [6.07, 6.45) is 3.27. The molecule has 3 aromatic rings. The average molecular weight is 419 g/mol. The molecule has 0 spiro atoms. The molecule has 3 nitrogen and oxygen atoms in total. The first-order valence-electron chi connectivity index (χ1n) is 11.9. The van der Waals surface area contributed by atoms with E-state index in [9.17, 15) is 0 Å². The van der Waals surface area contributed by atoms with Gasteiger partial charge in [0.15, 0.2) is 0 Å². The van der Waals surface area contributed by atoms with E-state index in [0.29, 0.717) is 0 Å². The molecule has 0 aliphatic carbocycles. The Kier molecular flexibility index (Phi) is 4.92. The van der Waals surface area contributed by atoms with Gasteiger partial charge in [-0.2, -0.15) is 0 Å². The van der Waals surface area contributed by atoms with Crippen molar-refractivity contribution in [3.8, 4) is 5.69 Å². The predicted octanol–water partition coefficient (Wildman–Crippen LogP) is 6.83. The summed E-state index contributed by atoms with van der Waals surface area (Å²) in [5, 5.41) is 5.12. The van der Waals surface area contributed by atoms with Gasteiger partial charge >= 0.3 is 0 Å². The molecular formula is C28H40N3+. The van der Waals surface area contributed by atoms with Gasteiger partial charge in [0.2, 0.25) is 11.0 Å². The topological polar surface area (TPSA) is 21.7 Å². The maximum atomic E-state index is 5.12. The highest BCUT2D eigenvalue weighted by molar-refractivity contribution is 5.71. The molecule has 0 bridgehead atoms. The minimum Gasteiger partial charge on any atom is -0.141 e. The van der Waals surface area contributed by atoms with E-state index in [1.165, 1.54) is 22.3 Å². The molecule has 0 amide bonds. The van der Waals surface area contributed by atoms with Crippen LogP contribution >= 0.6 is 0 Å². The number of nitrogens with zero attached hydrogens (tertiary/aromatic N) is 3. The Morgan fingerprint density at radius 3 is 2.23 bits per heavy atom. The Balaban J connectivity index is 2.04. The van der Waals surface area contributed by atoms with E-state index < -0.39 is 0 Å². The summed E-state index contributed by atoms with van der Waals surface area (Å²) in [6, 6.07) is 15.8. The predicted molar refractivity (Wildman–Crippen MR) is 130 cm³/mol. The minimum absolute atomic E-state index is 0.0211. The molecule has 3 heteroatoms. The lowest BCUT2D eigenvalue weighted by Crippen LogP contribution is -2.70. The zero-order chi connectivity index (χ0) is 22.8. The van der Waals surface area contributed by atoms with Crippen LogP contribution in [0.4, 0.5) is 0 Å². The van der Waals surface area contributed by atoms with Gasteiger partial charge in [-0.25, -0.2) is 0 Å². The molecular weight excluding hydrogens is 378 g/mol. The van der Waals surface area contributed by atoms with E-state index in [4.69, 9.17) is 5.10 Å². The van der Waals surface area contributed by atoms with Gasteiger partial charge in [0.1, 0.15) is 11.2 Å². The number of hydrogen-bond donors (Lipinski definition) is 0. The fourth-order valence-corrected chi connectivity index (χ4v) is 6.26. The SMILES string of the molecule is CCC1(C)c2ccc(C(C)(C)CC(C)(C)C)cc2-n2nc3ccccc3[n+]2C1(C)CC. The maximum Gasteiger partial charge on any atom is 0.249 e. The van der Waals surface area contributed by atoms with Crippen LogP contribution in [0.2, 0.25) is 0 Å². The highest BCUT2D eigenvalue weighted by atomic mass is 15.6. The van der Waals surface area contributed by atoms with Crippen molar-refractivity contribution in [1.82, 2.24) is 9.90 Å². The molecule has 2 aromatic carbocycles. The molecule has 0 saturated heterocycles. The number of para-hydroxylation sites is 1. The molecule has 0 saturated carbocycles. The highest BCUT2D eigenvalue weighted by Gasteiger charge is 2.56. The minimum atomic E-state index is -0.0622. The summed E-state index contributed by atoms with van der Waals surface area (Å²) in [6.45, 7) is 21.3. The Morgan fingerprint density at radius 1 is 0.935 bits per heavy atom. The second-order valence-electron chi connectivity index (χ2n) is 11.9. The molecule has 31 heavy (non-hydrogen) atoms. The Labute approximate surface area is 188 Å². The number of fused-ring (bicyclic) bond motifs is 5. The van der Waals surface area contributed by atoms with E-state index in [-0.39, 0.29) is 21.8 Å². The van der Waals surface area contributed by atoms with Crippen LogP contribution < -0.4 is 4.68 Å². The van der Waals surface area contributed by atoms with Crippen LogP contribution in [0.15, 0.2) is 42.5 Å². The molecule has 1 aliphatic rings. The number of hydrogen-bond acceptors (Lipinski definition) is 1. The normalized spacial score (nSPS) is 23.6. The highest BCUT2D eigenvalue weighted by Crippen LogP contribution is 2.48. The third kappa shape index (κ3) is 3.15. The van der Waals surface area contributed by atoms with E-state index in [2.05, 4.69) is 114 Å². The van der Waals surface area contributed by atoms with Crippen molar-refractivity contribution < 1.29 is 4.68 Å². The van der Waals surface area contributed by atoms with E-state index in [1.807, 2.05) is 0 Å². The summed E-state index contributed by atoms with van der Waals surface area (Å²) in [5.41, 5.74) is 6.67. The van der Waals surface area contributed by atoms with Crippen LogP contribution in [0, 0.1) is 5.41 Å². The van der Waals surface area contributed by atoms with Crippen LogP contribution in [-0.4, -0.2) is 9.90 Å². The Bertz CT molecular complexity index is 1130. The number of aromatic nitrogens is 3. The van der Waals surface area contributed by atoms with Crippen molar-refractivity contribution in [2.75, 3.05) is 0 Å². The third-order valence-corrected chi connectivity index (χ3v) is 8.11. The zero-order valence-electron chi connectivity index (χ0n) is 21.0. The van der Waals surface area contributed by atoms with Gasteiger partial charge in [-0.3, -0.25) is 0 Å². The van der Waals surface area contributed by atoms with Crippen molar-refractivity contribution in [2.45, 2.75) is 97.9 Å². The summed E-state index contributed by atoms with van der Waals surface area (Å²) in [4.78, 5) is 2.21. The van der Waals surface area contributed by atoms with Crippen molar-refractivity contribution in [3.63, 3.8) is 0 Å². The van der Waals surface area contributed by atoms with Crippen molar-refractivity contribution in [1.29, 1.82) is 0 Å². The Morgan fingerprint density at radius 2 is 1.61 bits per heavy atom. The fraction of sp³-hybridized carbons (Fsp3) is 0.571. The van der Waals surface area contributed by atoms with Gasteiger partial charge in [0.25, 0.3) is 0 Å².